The molecule has 0 aliphatic carbocycles. The maximum absolute atomic E-state index is 12.1. The van der Waals surface area contributed by atoms with Crippen molar-refractivity contribution in [3.8, 4) is 0 Å². The zero-order valence-corrected chi connectivity index (χ0v) is 14.5. The monoisotopic (exact) mass is 357 g/mol. The van der Waals surface area contributed by atoms with Gasteiger partial charge in [0.2, 0.25) is 11.8 Å². The van der Waals surface area contributed by atoms with E-state index in [4.69, 9.17) is 0 Å². The van der Waals surface area contributed by atoms with Gasteiger partial charge in [0.25, 0.3) is 0 Å². The number of thiazole rings is 1. The lowest BCUT2D eigenvalue weighted by Gasteiger charge is -2.07. The van der Waals surface area contributed by atoms with Crippen molar-refractivity contribution in [3.63, 3.8) is 0 Å². The number of thioether (sulfide) groups is 1. The Morgan fingerprint density at radius 2 is 1.83 bits per heavy atom. The second-order valence-electron chi connectivity index (χ2n) is 5.05. The number of benzene rings is 2. The van der Waals surface area contributed by atoms with E-state index >= 15 is 0 Å². The van der Waals surface area contributed by atoms with E-state index in [2.05, 4.69) is 15.6 Å². The van der Waals surface area contributed by atoms with Crippen LogP contribution < -0.4 is 10.6 Å². The molecule has 0 bridgehead atoms. The predicted molar refractivity (Wildman–Crippen MR) is 99.7 cm³/mol. The van der Waals surface area contributed by atoms with E-state index in [1.165, 1.54) is 18.7 Å². The smallest absolute Gasteiger partial charge is 0.234 e. The lowest BCUT2D eigenvalue weighted by Crippen LogP contribution is -2.14. The highest BCUT2D eigenvalue weighted by Crippen LogP contribution is 2.29. The quantitative estimate of drug-likeness (QED) is 0.678. The van der Waals surface area contributed by atoms with Crippen molar-refractivity contribution in [3.05, 3.63) is 48.5 Å². The molecule has 3 aromatic rings. The molecular formula is C17H15N3O2S2. The van der Waals surface area contributed by atoms with Crippen LogP contribution in [0, 0.1) is 0 Å². The SMILES string of the molecule is CC(=O)Nc1cccc(NC(=O)CSc2nc3ccccc3s2)c1. The average molecular weight is 357 g/mol. The average Bonchev–Trinajstić information content (AvgIpc) is 2.95. The van der Waals surface area contributed by atoms with Gasteiger partial charge in [0.05, 0.1) is 16.0 Å². The third kappa shape index (κ3) is 4.33. The summed E-state index contributed by atoms with van der Waals surface area (Å²) in [5.74, 6) is 0.0218. The maximum atomic E-state index is 12.1. The number of nitrogens with one attached hydrogen (secondary N) is 2. The van der Waals surface area contributed by atoms with Crippen LogP contribution >= 0.6 is 23.1 Å². The number of amides is 2. The molecule has 1 aromatic heterocycles. The van der Waals surface area contributed by atoms with Crippen molar-refractivity contribution in [1.82, 2.24) is 4.98 Å². The summed E-state index contributed by atoms with van der Waals surface area (Å²) in [5.41, 5.74) is 2.25. The van der Waals surface area contributed by atoms with Gasteiger partial charge in [-0.05, 0) is 30.3 Å². The first-order valence-corrected chi connectivity index (χ1v) is 9.06. The van der Waals surface area contributed by atoms with E-state index in [0.29, 0.717) is 11.4 Å². The van der Waals surface area contributed by atoms with Gasteiger partial charge in [0.1, 0.15) is 0 Å². The van der Waals surface area contributed by atoms with E-state index < -0.39 is 0 Å². The van der Waals surface area contributed by atoms with E-state index in [-0.39, 0.29) is 17.6 Å². The zero-order chi connectivity index (χ0) is 16.9. The Morgan fingerprint density at radius 1 is 1.08 bits per heavy atom. The van der Waals surface area contributed by atoms with Crippen LogP contribution in [0.5, 0.6) is 0 Å². The van der Waals surface area contributed by atoms with Gasteiger partial charge in [-0.15, -0.1) is 11.3 Å². The van der Waals surface area contributed by atoms with Crippen LogP contribution in [-0.4, -0.2) is 22.6 Å². The fraction of sp³-hybridized carbons (Fsp3) is 0.118. The minimum atomic E-state index is -0.148. The van der Waals surface area contributed by atoms with Crippen LogP contribution in [-0.2, 0) is 9.59 Å². The number of aromatic nitrogens is 1. The molecule has 3 rings (SSSR count). The van der Waals surface area contributed by atoms with Crippen LogP contribution in [0.25, 0.3) is 10.2 Å². The molecule has 0 saturated carbocycles. The number of anilines is 2. The summed E-state index contributed by atoms with van der Waals surface area (Å²) in [7, 11) is 0. The molecule has 2 N–H and O–H groups in total. The second kappa shape index (κ2) is 7.46. The van der Waals surface area contributed by atoms with Gasteiger partial charge < -0.3 is 10.6 Å². The lowest BCUT2D eigenvalue weighted by molar-refractivity contribution is -0.114. The summed E-state index contributed by atoms with van der Waals surface area (Å²) in [4.78, 5) is 27.7. The molecule has 0 fully saturated rings. The molecule has 0 radical (unpaired) electrons. The molecule has 2 amide bonds. The molecule has 24 heavy (non-hydrogen) atoms. The summed E-state index contributed by atoms with van der Waals surface area (Å²) < 4.78 is 1.99. The number of nitrogens with zero attached hydrogens (tertiary/aromatic N) is 1. The van der Waals surface area contributed by atoms with Gasteiger partial charge in [0.15, 0.2) is 4.34 Å². The van der Waals surface area contributed by atoms with E-state index in [1.54, 1.807) is 35.6 Å². The number of carbonyl (C=O) groups is 2. The highest BCUT2D eigenvalue weighted by Gasteiger charge is 2.08. The van der Waals surface area contributed by atoms with Crippen molar-refractivity contribution in [2.45, 2.75) is 11.3 Å². The van der Waals surface area contributed by atoms with Crippen molar-refractivity contribution >= 4 is 56.5 Å². The Labute approximate surface area is 147 Å². The highest BCUT2D eigenvalue weighted by atomic mass is 32.2. The van der Waals surface area contributed by atoms with Crippen molar-refractivity contribution in [2.75, 3.05) is 16.4 Å². The third-order valence-corrected chi connectivity index (χ3v) is 5.25. The molecular weight excluding hydrogens is 342 g/mol. The Kier molecular flexibility index (Phi) is 5.12. The van der Waals surface area contributed by atoms with E-state index in [1.807, 2.05) is 24.3 Å². The van der Waals surface area contributed by atoms with Crippen molar-refractivity contribution < 1.29 is 9.59 Å². The van der Waals surface area contributed by atoms with Crippen LogP contribution in [0.4, 0.5) is 11.4 Å². The van der Waals surface area contributed by atoms with Gasteiger partial charge in [-0.2, -0.15) is 0 Å². The molecule has 122 valence electrons. The standard InChI is InChI=1S/C17H15N3O2S2/c1-11(21)18-12-5-4-6-13(9-12)19-16(22)10-23-17-20-14-7-2-3-8-15(14)24-17/h2-9H,10H2,1H3,(H,18,21)(H,19,22). The molecule has 0 aliphatic rings. The first kappa shape index (κ1) is 16.5. The minimum absolute atomic E-state index is 0.112. The second-order valence-corrected chi connectivity index (χ2v) is 7.30. The molecule has 2 aromatic carbocycles. The summed E-state index contributed by atoms with van der Waals surface area (Å²) >= 11 is 2.99. The third-order valence-electron chi connectivity index (χ3n) is 3.07. The van der Waals surface area contributed by atoms with Gasteiger partial charge in [0, 0.05) is 18.3 Å². The fourth-order valence-electron chi connectivity index (χ4n) is 2.12. The molecule has 7 heteroatoms. The van der Waals surface area contributed by atoms with E-state index in [0.717, 1.165) is 14.6 Å². The summed E-state index contributed by atoms with van der Waals surface area (Å²) in [5, 5.41) is 5.51. The summed E-state index contributed by atoms with van der Waals surface area (Å²) in [6.45, 7) is 1.44. The van der Waals surface area contributed by atoms with Gasteiger partial charge in [-0.25, -0.2) is 4.98 Å². The fourth-order valence-corrected chi connectivity index (χ4v) is 3.98. The largest absolute Gasteiger partial charge is 0.326 e. The summed E-state index contributed by atoms with van der Waals surface area (Å²) in [6, 6.07) is 15.0. The number of carbonyl (C=O) groups excluding carboxylic acids is 2. The normalized spacial score (nSPS) is 10.5. The van der Waals surface area contributed by atoms with Crippen LogP contribution in [0.15, 0.2) is 52.9 Å². The van der Waals surface area contributed by atoms with E-state index in [9.17, 15) is 9.59 Å². The van der Waals surface area contributed by atoms with Crippen LogP contribution in [0.1, 0.15) is 6.92 Å². The Bertz CT molecular complexity index is 859. The predicted octanol–water partition coefficient (Wildman–Crippen LogP) is 3.99. The Morgan fingerprint density at radius 3 is 2.58 bits per heavy atom. The molecule has 0 unspecified atom stereocenters. The molecule has 0 atom stereocenters. The molecule has 5 nitrogen and oxygen atoms in total. The number of rotatable bonds is 5. The zero-order valence-electron chi connectivity index (χ0n) is 12.9. The number of fused-ring (bicyclic) bond motifs is 1. The van der Waals surface area contributed by atoms with Crippen LogP contribution in [0.3, 0.4) is 0 Å². The van der Waals surface area contributed by atoms with Crippen molar-refractivity contribution in [1.29, 1.82) is 0 Å². The first-order chi connectivity index (χ1) is 11.6. The molecule has 1 heterocycles. The number of para-hydroxylation sites is 1. The van der Waals surface area contributed by atoms with Gasteiger partial charge in [-0.1, -0.05) is 30.0 Å². The Hall–Kier alpha value is -2.38. The molecule has 0 aliphatic heterocycles. The highest BCUT2D eigenvalue weighted by molar-refractivity contribution is 8.01. The Balaban J connectivity index is 1.58. The topological polar surface area (TPSA) is 71.1 Å². The van der Waals surface area contributed by atoms with Crippen LogP contribution in [0.2, 0.25) is 0 Å². The maximum Gasteiger partial charge on any atom is 0.234 e. The summed E-state index contributed by atoms with van der Waals surface area (Å²) in [6.07, 6.45) is 0. The lowest BCUT2D eigenvalue weighted by atomic mass is 10.2. The van der Waals surface area contributed by atoms with Crippen molar-refractivity contribution in [2.24, 2.45) is 0 Å². The minimum Gasteiger partial charge on any atom is -0.326 e. The molecule has 0 saturated heterocycles. The number of hydrogen-bond donors (Lipinski definition) is 2. The van der Waals surface area contributed by atoms with Gasteiger partial charge >= 0.3 is 0 Å². The number of hydrogen-bond acceptors (Lipinski definition) is 5. The first-order valence-electron chi connectivity index (χ1n) is 7.26. The van der Waals surface area contributed by atoms with Gasteiger partial charge in [-0.3, -0.25) is 9.59 Å². The molecule has 0 spiro atoms.